The Labute approximate surface area is 134 Å². The summed E-state index contributed by atoms with van der Waals surface area (Å²) in [5, 5.41) is 6.38. The van der Waals surface area contributed by atoms with Crippen LogP contribution in [0.1, 0.15) is 11.1 Å². The maximum atomic E-state index is 13.4. The van der Waals surface area contributed by atoms with Crippen molar-refractivity contribution in [3.8, 4) is 0 Å². The quantitative estimate of drug-likeness (QED) is 0.799. The third-order valence-corrected chi connectivity index (χ3v) is 3.52. The molecule has 0 aliphatic carbocycles. The Morgan fingerprint density at radius 1 is 1.23 bits per heavy atom. The highest BCUT2D eigenvalue weighted by atomic mass is 35.5. The summed E-state index contributed by atoms with van der Waals surface area (Å²) in [7, 11) is 0. The molecule has 0 aromatic heterocycles. The molecule has 2 aromatic carbocycles. The Morgan fingerprint density at radius 2 is 2.00 bits per heavy atom. The molecule has 2 N–H and O–H groups in total. The van der Waals surface area contributed by atoms with Crippen LogP contribution in [-0.4, -0.2) is 19.0 Å². The predicted molar refractivity (Wildman–Crippen MR) is 87.8 cm³/mol. The van der Waals surface area contributed by atoms with Gasteiger partial charge in [-0.3, -0.25) is 4.79 Å². The Kier molecular flexibility index (Phi) is 5.92. The summed E-state index contributed by atoms with van der Waals surface area (Å²) in [4.78, 5) is 11.9. The van der Waals surface area contributed by atoms with Crippen molar-refractivity contribution in [2.45, 2.75) is 13.3 Å². The molecule has 1 amide bonds. The number of aryl methyl sites for hydroxylation is 1. The van der Waals surface area contributed by atoms with Gasteiger partial charge in [0.25, 0.3) is 0 Å². The lowest BCUT2D eigenvalue weighted by Crippen LogP contribution is -2.29. The average molecular weight is 321 g/mol. The van der Waals surface area contributed by atoms with Gasteiger partial charge >= 0.3 is 0 Å². The van der Waals surface area contributed by atoms with Crippen molar-refractivity contribution in [2.24, 2.45) is 0 Å². The van der Waals surface area contributed by atoms with Crippen LogP contribution in [0.5, 0.6) is 0 Å². The van der Waals surface area contributed by atoms with E-state index in [0.29, 0.717) is 29.2 Å². The number of carbonyl (C=O) groups is 1. The van der Waals surface area contributed by atoms with Crippen molar-refractivity contribution in [1.29, 1.82) is 0 Å². The summed E-state index contributed by atoms with van der Waals surface area (Å²) < 4.78 is 13.4. The van der Waals surface area contributed by atoms with Crippen LogP contribution in [0.15, 0.2) is 42.5 Å². The molecule has 22 heavy (non-hydrogen) atoms. The zero-order valence-corrected chi connectivity index (χ0v) is 13.1. The SMILES string of the molecule is Cc1ccc(Cl)cc1NC(=O)CNCCc1ccccc1F. The number of halogens is 2. The maximum Gasteiger partial charge on any atom is 0.238 e. The molecule has 0 unspecified atom stereocenters. The summed E-state index contributed by atoms with van der Waals surface area (Å²) in [6.07, 6.45) is 0.538. The molecule has 0 spiro atoms. The molecule has 0 saturated heterocycles. The molecule has 2 rings (SSSR count). The molecule has 0 heterocycles. The van der Waals surface area contributed by atoms with Gasteiger partial charge in [0.05, 0.1) is 6.54 Å². The predicted octanol–water partition coefficient (Wildman–Crippen LogP) is 3.56. The van der Waals surface area contributed by atoms with Crippen molar-refractivity contribution >= 4 is 23.2 Å². The standard InChI is InChI=1S/C17H18ClFN2O/c1-12-6-7-14(18)10-16(12)21-17(22)11-20-9-8-13-4-2-3-5-15(13)19/h2-7,10,20H,8-9,11H2,1H3,(H,21,22). The third kappa shape index (κ3) is 4.83. The molecule has 3 nitrogen and oxygen atoms in total. The molecule has 0 aliphatic heterocycles. The van der Waals surface area contributed by atoms with Gasteiger partial charge in [0, 0.05) is 10.7 Å². The number of nitrogens with one attached hydrogen (secondary N) is 2. The molecule has 0 fully saturated rings. The van der Waals surface area contributed by atoms with E-state index in [1.54, 1.807) is 30.3 Å². The monoisotopic (exact) mass is 320 g/mol. The lowest BCUT2D eigenvalue weighted by atomic mass is 10.1. The maximum absolute atomic E-state index is 13.4. The van der Waals surface area contributed by atoms with E-state index in [4.69, 9.17) is 11.6 Å². The first kappa shape index (κ1) is 16.5. The number of rotatable bonds is 6. The zero-order valence-electron chi connectivity index (χ0n) is 12.3. The van der Waals surface area contributed by atoms with E-state index in [0.717, 1.165) is 5.56 Å². The van der Waals surface area contributed by atoms with Gasteiger partial charge in [0.2, 0.25) is 5.91 Å². The molecule has 0 atom stereocenters. The molecule has 5 heteroatoms. The third-order valence-electron chi connectivity index (χ3n) is 3.29. The van der Waals surface area contributed by atoms with Gasteiger partial charge in [-0.05, 0) is 49.2 Å². The normalized spacial score (nSPS) is 10.5. The van der Waals surface area contributed by atoms with Gasteiger partial charge in [-0.2, -0.15) is 0 Å². The van der Waals surface area contributed by atoms with Crippen LogP contribution >= 0.6 is 11.6 Å². The number of hydrogen-bond donors (Lipinski definition) is 2. The first-order chi connectivity index (χ1) is 10.6. The molecule has 0 bridgehead atoms. The van der Waals surface area contributed by atoms with Crippen molar-refractivity contribution in [3.05, 3.63) is 64.4 Å². The van der Waals surface area contributed by atoms with E-state index in [1.165, 1.54) is 6.07 Å². The van der Waals surface area contributed by atoms with E-state index in [1.807, 2.05) is 13.0 Å². The molecule has 2 aromatic rings. The molecule has 0 aliphatic rings. The van der Waals surface area contributed by atoms with Crippen LogP contribution < -0.4 is 10.6 Å². The van der Waals surface area contributed by atoms with Crippen molar-refractivity contribution < 1.29 is 9.18 Å². The van der Waals surface area contributed by atoms with Gasteiger partial charge in [-0.25, -0.2) is 4.39 Å². The van der Waals surface area contributed by atoms with E-state index < -0.39 is 0 Å². The fourth-order valence-corrected chi connectivity index (χ4v) is 2.22. The summed E-state index contributed by atoms with van der Waals surface area (Å²) >= 11 is 5.91. The van der Waals surface area contributed by atoms with E-state index in [-0.39, 0.29) is 18.3 Å². The first-order valence-electron chi connectivity index (χ1n) is 7.06. The van der Waals surface area contributed by atoms with Crippen LogP contribution in [0.3, 0.4) is 0 Å². The van der Waals surface area contributed by atoms with E-state index in [2.05, 4.69) is 10.6 Å². The molecule has 0 radical (unpaired) electrons. The largest absolute Gasteiger partial charge is 0.325 e. The second-order valence-electron chi connectivity index (χ2n) is 5.03. The van der Waals surface area contributed by atoms with Crippen molar-refractivity contribution in [3.63, 3.8) is 0 Å². The minimum absolute atomic E-state index is 0.154. The summed E-state index contributed by atoms with van der Waals surface area (Å²) in [5.74, 6) is -0.373. The molecule has 116 valence electrons. The van der Waals surface area contributed by atoms with Crippen LogP contribution in [0, 0.1) is 12.7 Å². The topological polar surface area (TPSA) is 41.1 Å². The molecule has 0 saturated carbocycles. The smallest absolute Gasteiger partial charge is 0.238 e. The van der Waals surface area contributed by atoms with Gasteiger partial charge in [0.15, 0.2) is 0 Å². The zero-order chi connectivity index (χ0) is 15.9. The summed E-state index contributed by atoms with van der Waals surface area (Å²) in [5.41, 5.74) is 2.29. The van der Waals surface area contributed by atoms with Crippen molar-refractivity contribution in [2.75, 3.05) is 18.4 Å². The Hall–Kier alpha value is -1.91. The van der Waals surface area contributed by atoms with E-state index in [9.17, 15) is 9.18 Å². The second-order valence-corrected chi connectivity index (χ2v) is 5.46. The number of amides is 1. The number of hydrogen-bond acceptors (Lipinski definition) is 2. The minimum atomic E-state index is -0.219. The van der Waals surface area contributed by atoms with Crippen LogP contribution in [-0.2, 0) is 11.2 Å². The minimum Gasteiger partial charge on any atom is -0.325 e. The highest BCUT2D eigenvalue weighted by Gasteiger charge is 2.06. The molecular formula is C17H18ClFN2O. The highest BCUT2D eigenvalue weighted by molar-refractivity contribution is 6.31. The Balaban J connectivity index is 1.76. The van der Waals surface area contributed by atoms with Gasteiger partial charge in [-0.15, -0.1) is 0 Å². The Morgan fingerprint density at radius 3 is 2.77 bits per heavy atom. The average Bonchev–Trinajstić information content (AvgIpc) is 2.49. The lowest BCUT2D eigenvalue weighted by Gasteiger charge is -2.10. The van der Waals surface area contributed by atoms with E-state index >= 15 is 0 Å². The van der Waals surface area contributed by atoms with Crippen LogP contribution in [0.2, 0.25) is 5.02 Å². The van der Waals surface area contributed by atoms with Gasteiger partial charge in [0.1, 0.15) is 5.82 Å². The fourth-order valence-electron chi connectivity index (χ4n) is 2.05. The molecular weight excluding hydrogens is 303 g/mol. The van der Waals surface area contributed by atoms with Gasteiger partial charge < -0.3 is 10.6 Å². The summed E-state index contributed by atoms with van der Waals surface area (Å²) in [6.45, 7) is 2.60. The summed E-state index contributed by atoms with van der Waals surface area (Å²) in [6, 6.07) is 12.0. The second kappa shape index (κ2) is 7.92. The number of carbonyl (C=O) groups excluding carboxylic acids is 1. The van der Waals surface area contributed by atoms with Crippen LogP contribution in [0.25, 0.3) is 0 Å². The van der Waals surface area contributed by atoms with Crippen LogP contribution in [0.4, 0.5) is 10.1 Å². The number of benzene rings is 2. The fraction of sp³-hybridized carbons (Fsp3) is 0.235. The highest BCUT2D eigenvalue weighted by Crippen LogP contribution is 2.19. The lowest BCUT2D eigenvalue weighted by molar-refractivity contribution is -0.115. The first-order valence-corrected chi connectivity index (χ1v) is 7.44. The Bertz CT molecular complexity index is 661. The van der Waals surface area contributed by atoms with Crippen molar-refractivity contribution in [1.82, 2.24) is 5.32 Å². The van der Waals surface area contributed by atoms with Gasteiger partial charge in [-0.1, -0.05) is 35.9 Å². The number of anilines is 1.